The first-order valence-electron chi connectivity index (χ1n) is 9.66. The summed E-state index contributed by atoms with van der Waals surface area (Å²) in [5, 5.41) is 9.99. The number of rotatable bonds is 4. The number of carbonyl (C=O) groups is 1. The van der Waals surface area contributed by atoms with Crippen LogP contribution in [-0.4, -0.2) is 42.9 Å². The van der Waals surface area contributed by atoms with Crippen molar-refractivity contribution < 1.29 is 9.53 Å². The number of anilines is 1. The number of benzene rings is 2. The summed E-state index contributed by atoms with van der Waals surface area (Å²) in [5.41, 5.74) is 5.05. The fraction of sp³-hybridized carbons (Fsp3) is 0.333. The van der Waals surface area contributed by atoms with Gasteiger partial charge in [-0.15, -0.1) is 0 Å². The number of nitrogens with one attached hydrogen (secondary N) is 1. The lowest BCUT2D eigenvalue weighted by atomic mass is 9.91. The Kier molecular flexibility index (Phi) is 6.51. The smallest absolute Gasteiger partial charge is 0.282 e. The predicted molar refractivity (Wildman–Crippen MR) is 120 cm³/mol. The first-order chi connectivity index (χ1) is 14.4. The van der Waals surface area contributed by atoms with E-state index in [1.807, 2.05) is 42.3 Å². The molecule has 2 aromatic carbocycles. The summed E-state index contributed by atoms with van der Waals surface area (Å²) in [6.07, 6.45) is 0. The highest BCUT2D eigenvalue weighted by molar-refractivity contribution is 6.41. The summed E-state index contributed by atoms with van der Waals surface area (Å²) >= 11 is 18.6. The number of amides is 1. The zero-order valence-electron chi connectivity index (χ0n) is 16.3. The number of hydrogen-bond acceptors (Lipinski definition) is 5. The highest BCUT2D eigenvalue weighted by Crippen LogP contribution is 2.42. The van der Waals surface area contributed by atoms with Crippen molar-refractivity contribution in [2.45, 2.75) is 13.0 Å². The minimum absolute atomic E-state index is 0.182. The second-order valence-electron chi connectivity index (χ2n) is 7.25. The summed E-state index contributed by atoms with van der Waals surface area (Å²) in [6, 6.07) is 12.6. The lowest BCUT2D eigenvalue weighted by Gasteiger charge is -2.28. The van der Waals surface area contributed by atoms with E-state index < -0.39 is 0 Å². The third-order valence-electron chi connectivity index (χ3n) is 5.26. The minimum Gasteiger partial charge on any atom is -0.379 e. The number of hydrogen-bond donors (Lipinski definition) is 1. The lowest BCUT2D eigenvalue weighted by molar-refractivity contribution is -0.121. The van der Waals surface area contributed by atoms with Crippen molar-refractivity contribution >= 4 is 52.1 Å². The van der Waals surface area contributed by atoms with Crippen molar-refractivity contribution in [2.75, 3.05) is 31.3 Å². The quantitative estimate of drug-likeness (QED) is 0.716. The van der Waals surface area contributed by atoms with Gasteiger partial charge in [0, 0.05) is 29.1 Å². The molecule has 9 heteroatoms. The number of nitrogens with zero attached hydrogens (tertiary/aromatic N) is 3. The highest BCUT2D eigenvalue weighted by atomic mass is 35.5. The van der Waals surface area contributed by atoms with E-state index in [0.717, 1.165) is 5.56 Å². The third kappa shape index (κ3) is 4.43. The maximum Gasteiger partial charge on any atom is 0.282 e. The van der Waals surface area contributed by atoms with E-state index in [4.69, 9.17) is 44.6 Å². The summed E-state index contributed by atoms with van der Waals surface area (Å²) in [7, 11) is 0. The molecule has 30 heavy (non-hydrogen) atoms. The van der Waals surface area contributed by atoms with Crippen LogP contribution in [0.3, 0.4) is 0 Å². The second-order valence-corrected chi connectivity index (χ2v) is 8.53. The first kappa shape index (κ1) is 21.4. The Balaban J connectivity index is 1.68. The normalized spacial score (nSPS) is 22.1. The molecule has 6 nitrogen and oxygen atoms in total. The van der Waals surface area contributed by atoms with Gasteiger partial charge in [-0.25, -0.2) is 5.01 Å². The molecule has 2 aliphatic rings. The molecule has 2 atom stereocenters. The average Bonchev–Trinajstić information content (AvgIpc) is 3.06. The van der Waals surface area contributed by atoms with Crippen LogP contribution in [0.2, 0.25) is 15.1 Å². The molecule has 0 bridgehead atoms. The van der Waals surface area contributed by atoms with Gasteiger partial charge in [-0.2, -0.15) is 5.10 Å². The van der Waals surface area contributed by atoms with E-state index in [2.05, 4.69) is 5.43 Å². The van der Waals surface area contributed by atoms with E-state index in [0.29, 0.717) is 52.8 Å². The maximum absolute atomic E-state index is 13.0. The molecule has 4 rings (SSSR count). The van der Waals surface area contributed by atoms with Gasteiger partial charge < -0.3 is 4.74 Å². The number of hydrazone groups is 1. The van der Waals surface area contributed by atoms with Crippen LogP contribution in [0, 0.1) is 5.92 Å². The van der Waals surface area contributed by atoms with E-state index >= 15 is 0 Å². The van der Waals surface area contributed by atoms with Crippen LogP contribution in [0.4, 0.5) is 5.69 Å². The standard InChI is InChI=1S/C21H21Cl3N4O2/c1-13-19(21(29)26-27-8-10-30-11-9-27)25-28(18-7-6-16(23)12-17(18)24)20(13)14-2-4-15(22)5-3-14/h2-7,12-13,20H,8-11H2,1H3,(H,26,29)/t13-,20+/m0/s1. The number of halogens is 3. The number of morpholine rings is 1. The van der Waals surface area contributed by atoms with Crippen molar-refractivity contribution in [3.63, 3.8) is 0 Å². The van der Waals surface area contributed by atoms with Crippen molar-refractivity contribution in [2.24, 2.45) is 11.0 Å². The van der Waals surface area contributed by atoms with Crippen molar-refractivity contribution in [3.05, 3.63) is 63.1 Å². The summed E-state index contributed by atoms with van der Waals surface area (Å²) in [5.74, 6) is -0.407. The minimum atomic E-state index is -0.226. The zero-order valence-corrected chi connectivity index (χ0v) is 18.6. The molecule has 158 valence electrons. The molecule has 0 saturated carbocycles. The van der Waals surface area contributed by atoms with Crippen LogP contribution in [-0.2, 0) is 9.53 Å². The number of hydrazine groups is 1. The molecule has 1 saturated heterocycles. The molecule has 2 aliphatic heterocycles. The van der Waals surface area contributed by atoms with Crippen molar-refractivity contribution in [1.82, 2.24) is 10.4 Å². The Hall–Kier alpha value is -1.83. The van der Waals surface area contributed by atoms with Crippen LogP contribution in [0.1, 0.15) is 18.5 Å². The SMILES string of the molecule is C[C@H]1C(C(=O)NN2CCOCC2)=NN(c2ccc(Cl)cc2Cl)[C@H]1c1ccc(Cl)cc1. The average molecular weight is 468 g/mol. The predicted octanol–water partition coefficient (Wildman–Crippen LogP) is 4.56. The van der Waals surface area contributed by atoms with Crippen LogP contribution in [0.5, 0.6) is 0 Å². The van der Waals surface area contributed by atoms with Gasteiger partial charge in [0.05, 0.1) is 30.0 Å². The zero-order chi connectivity index (χ0) is 21.3. The highest BCUT2D eigenvalue weighted by Gasteiger charge is 2.40. The monoisotopic (exact) mass is 466 g/mol. The first-order valence-corrected chi connectivity index (χ1v) is 10.8. The Morgan fingerprint density at radius 2 is 1.73 bits per heavy atom. The largest absolute Gasteiger partial charge is 0.379 e. The van der Waals surface area contributed by atoms with Gasteiger partial charge in [-0.05, 0) is 35.9 Å². The topological polar surface area (TPSA) is 57.2 Å². The Morgan fingerprint density at radius 1 is 1.07 bits per heavy atom. The molecule has 1 amide bonds. The van der Waals surface area contributed by atoms with E-state index in [1.165, 1.54) is 0 Å². The van der Waals surface area contributed by atoms with Crippen molar-refractivity contribution in [1.29, 1.82) is 0 Å². The maximum atomic E-state index is 13.0. The van der Waals surface area contributed by atoms with Gasteiger partial charge >= 0.3 is 0 Å². The van der Waals surface area contributed by atoms with Crippen LogP contribution >= 0.6 is 34.8 Å². The summed E-state index contributed by atoms with van der Waals surface area (Å²) in [4.78, 5) is 13.0. The van der Waals surface area contributed by atoms with Crippen LogP contribution in [0.15, 0.2) is 47.6 Å². The van der Waals surface area contributed by atoms with E-state index in [-0.39, 0.29) is 17.9 Å². The summed E-state index contributed by atoms with van der Waals surface area (Å²) < 4.78 is 5.34. The Labute approximate surface area is 190 Å². The van der Waals surface area contributed by atoms with Gasteiger partial charge in [0.1, 0.15) is 5.71 Å². The Morgan fingerprint density at radius 3 is 2.40 bits per heavy atom. The van der Waals surface area contributed by atoms with Crippen LogP contribution < -0.4 is 10.4 Å². The molecule has 2 heterocycles. The number of ether oxygens (including phenoxy) is 1. The number of carbonyl (C=O) groups excluding carboxylic acids is 1. The summed E-state index contributed by atoms with van der Waals surface area (Å²) in [6.45, 7) is 4.44. The lowest BCUT2D eigenvalue weighted by Crippen LogP contribution is -2.51. The molecule has 0 spiro atoms. The van der Waals surface area contributed by atoms with E-state index in [1.54, 1.807) is 17.1 Å². The second kappa shape index (κ2) is 9.12. The van der Waals surface area contributed by atoms with Gasteiger partial charge in [-0.1, -0.05) is 53.9 Å². The van der Waals surface area contributed by atoms with Gasteiger partial charge in [0.15, 0.2) is 0 Å². The van der Waals surface area contributed by atoms with Crippen molar-refractivity contribution in [3.8, 4) is 0 Å². The molecule has 0 aromatic heterocycles. The molecule has 2 aromatic rings. The Bertz CT molecular complexity index is 961. The fourth-order valence-corrected chi connectivity index (χ4v) is 4.34. The molecular weight excluding hydrogens is 447 g/mol. The third-order valence-corrected chi connectivity index (χ3v) is 6.05. The van der Waals surface area contributed by atoms with Gasteiger partial charge in [-0.3, -0.25) is 15.2 Å². The molecule has 0 aliphatic carbocycles. The van der Waals surface area contributed by atoms with E-state index in [9.17, 15) is 4.79 Å². The molecule has 1 N–H and O–H groups in total. The fourth-order valence-electron chi connectivity index (χ4n) is 3.72. The molecular formula is C21H21Cl3N4O2. The van der Waals surface area contributed by atoms with Gasteiger partial charge in [0.25, 0.3) is 5.91 Å². The molecule has 0 radical (unpaired) electrons. The molecule has 0 unspecified atom stereocenters. The van der Waals surface area contributed by atoms with Crippen LogP contribution in [0.25, 0.3) is 0 Å². The van der Waals surface area contributed by atoms with Gasteiger partial charge in [0.2, 0.25) is 0 Å². The molecule has 1 fully saturated rings.